The summed E-state index contributed by atoms with van der Waals surface area (Å²) in [6.07, 6.45) is 0. The Bertz CT molecular complexity index is 1240. The van der Waals surface area contributed by atoms with Crippen LogP contribution < -0.4 is 9.64 Å². The van der Waals surface area contributed by atoms with Gasteiger partial charge in [0.05, 0.1) is 19.7 Å². The highest BCUT2D eigenvalue weighted by molar-refractivity contribution is 5.47. The molecule has 2 heterocycles. The van der Waals surface area contributed by atoms with Crippen LogP contribution in [0.3, 0.4) is 0 Å². The molecular formula is C26H26F2N6O. The van der Waals surface area contributed by atoms with Gasteiger partial charge in [0, 0.05) is 31.9 Å². The lowest BCUT2D eigenvalue weighted by atomic mass is 10.0. The molecule has 7 nitrogen and oxygen atoms in total. The molecule has 4 aromatic rings. The van der Waals surface area contributed by atoms with E-state index in [2.05, 4.69) is 25.3 Å². The minimum atomic E-state index is -0.277. The third-order valence-corrected chi connectivity index (χ3v) is 6.35. The van der Waals surface area contributed by atoms with Gasteiger partial charge in [-0.1, -0.05) is 24.3 Å². The minimum absolute atomic E-state index is 0.174. The molecule has 1 aromatic heterocycles. The Hall–Kier alpha value is -3.85. The zero-order valence-corrected chi connectivity index (χ0v) is 19.4. The van der Waals surface area contributed by atoms with E-state index in [-0.39, 0.29) is 17.7 Å². The minimum Gasteiger partial charge on any atom is -0.497 e. The number of halogens is 2. The van der Waals surface area contributed by atoms with E-state index in [1.54, 1.807) is 23.9 Å². The van der Waals surface area contributed by atoms with Gasteiger partial charge in [0.25, 0.3) is 0 Å². The van der Waals surface area contributed by atoms with E-state index < -0.39 is 0 Å². The molecule has 9 heteroatoms. The molecule has 1 fully saturated rings. The number of piperazine rings is 1. The molecule has 0 amide bonds. The summed E-state index contributed by atoms with van der Waals surface area (Å²) < 4.78 is 33.9. The highest BCUT2D eigenvalue weighted by Gasteiger charge is 2.31. The first-order valence-corrected chi connectivity index (χ1v) is 11.5. The summed E-state index contributed by atoms with van der Waals surface area (Å²) in [4.78, 5) is 4.61. The van der Waals surface area contributed by atoms with Gasteiger partial charge in [-0.15, -0.1) is 5.10 Å². The van der Waals surface area contributed by atoms with Crippen LogP contribution in [0.4, 0.5) is 14.5 Å². The maximum absolute atomic E-state index is 13.4. The number of tetrazole rings is 1. The van der Waals surface area contributed by atoms with E-state index in [9.17, 15) is 8.78 Å². The fourth-order valence-electron chi connectivity index (χ4n) is 4.48. The average Bonchev–Trinajstić information content (AvgIpc) is 3.34. The lowest BCUT2D eigenvalue weighted by Crippen LogP contribution is -2.48. The van der Waals surface area contributed by atoms with Crippen LogP contribution in [0, 0.1) is 11.6 Å². The fraction of sp³-hybridized carbons (Fsp3) is 0.269. The van der Waals surface area contributed by atoms with Gasteiger partial charge in [-0.05, 0) is 70.1 Å². The average molecular weight is 477 g/mol. The summed E-state index contributed by atoms with van der Waals surface area (Å²) in [7, 11) is 1.64. The van der Waals surface area contributed by atoms with E-state index in [1.807, 2.05) is 36.4 Å². The number of hydrogen-bond acceptors (Lipinski definition) is 6. The maximum atomic E-state index is 13.4. The van der Waals surface area contributed by atoms with Crippen molar-refractivity contribution in [3.8, 4) is 5.75 Å². The van der Waals surface area contributed by atoms with Crippen molar-refractivity contribution in [2.45, 2.75) is 12.6 Å². The third-order valence-electron chi connectivity index (χ3n) is 6.35. The second-order valence-electron chi connectivity index (χ2n) is 8.50. The second kappa shape index (κ2) is 10.2. The van der Waals surface area contributed by atoms with Gasteiger partial charge in [0.15, 0.2) is 5.82 Å². The largest absolute Gasteiger partial charge is 0.497 e. The van der Waals surface area contributed by atoms with Gasteiger partial charge in [-0.3, -0.25) is 4.90 Å². The highest BCUT2D eigenvalue weighted by Crippen LogP contribution is 2.30. The third kappa shape index (κ3) is 5.14. The topological polar surface area (TPSA) is 59.3 Å². The molecule has 5 rings (SSSR count). The van der Waals surface area contributed by atoms with E-state index in [1.165, 1.54) is 24.3 Å². The molecule has 0 aliphatic carbocycles. The van der Waals surface area contributed by atoms with Crippen LogP contribution in [-0.2, 0) is 6.54 Å². The summed E-state index contributed by atoms with van der Waals surface area (Å²) >= 11 is 0. The Morgan fingerprint density at radius 1 is 0.829 bits per heavy atom. The number of aromatic nitrogens is 4. The van der Waals surface area contributed by atoms with Crippen molar-refractivity contribution >= 4 is 5.69 Å². The summed E-state index contributed by atoms with van der Waals surface area (Å²) in [5.74, 6) is 0.982. The molecule has 1 saturated heterocycles. The summed E-state index contributed by atoms with van der Waals surface area (Å²) in [5.41, 5.74) is 2.97. The van der Waals surface area contributed by atoms with E-state index in [4.69, 9.17) is 4.74 Å². The van der Waals surface area contributed by atoms with Gasteiger partial charge in [-0.2, -0.15) is 0 Å². The predicted octanol–water partition coefficient (Wildman–Crippen LogP) is 3.92. The van der Waals surface area contributed by atoms with E-state index in [0.717, 1.165) is 54.6 Å². The zero-order chi connectivity index (χ0) is 24.2. The second-order valence-corrected chi connectivity index (χ2v) is 8.50. The molecule has 1 atom stereocenters. The number of benzene rings is 3. The molecule has 0 saturated carbocycles. The van der Waals surface area contributed by atoms with E-state index >= 15 is 0 Å². The molecule has 3 aromatic carbocycles. The summed E-state index contributed by atoms with van der Waals surface area (Å²) in [6, 6.07) is 20.7. The molecule has 0 bridgehead atoms. The van der Waals surface area contributed by atoms with Gasteiger partial charge in [-0.25, -0.2) is 13.5 Å². The van der Waals surface area contributed by atoms with Crippen molar-refractivity contribution in [3.05, 3.63) is 101 Å². The molecule has 0 N–H and O–H groups in total. The molecule has 1 unspecified atom stereocenters. The van der Waals surface area contributed by atoms with Crippen LogP contribution in [0.2, 0.25) is 0 Å². The first-order valence-electron chi connectivity index (χ1n) is 11.5. The van der Waals surface area contributed by atoms with Crippen LogP contribution >= 0.6 is 0 Å². The zero-order valence-electron chi connectivity index (χ0n) is 19.4. The van der Waals surface area contributed by atoms with Crippen molar-refractivity contribution in [3.63, 3.8) is 0 Å². The first-order chi connectivity index (χ1) is 17.1. The number of ether oxygens (including phenoxy) is 1. The molecule has 0 radical (unpaired) electrons. The Morgan fingerprint density at radius 2 is 1.46 bits per heavy atom. The number of methoxy groups -OCH3 is 1. The molecule has 35 heavy (non-hydrogen) atoms. The van der Waals surface area contributed by atoms with E-state index in [0.29, 0.717) is 6.54 Å². The molecule has 0 spiro atoms. The fourth-order valence-corrected chi connectivity index (χ4v) is 4.48. The highest BCUT2D eigenvalue weighted by atomic mass is 19.1. The molecule has 180 valence electrons. The standard InChI is InChI=1S/C26H26F2N6O/c1-35-24-12-4-20(5-13-24)25(26-29-30-31-34(26)18-19-2-6-21(27)7-3-19)33-16-14-32(15-17-33)23-10-8-22(28)9-11-23/h2-13,25H,14-18H2,1H3. The Balaban J connectivity index is 1.42. The van der Waals surface area contributed by atoms with Crippen molar-refractivity contribution in [1.29, 1.82) is 0 Å². The number of rotatable bonds is 7. The van der Waals surface area contributed by atoms with Crippen molar-refractivity contribution in [2.75, 3.05) is 38.2 Å². The maximum Gasteiger partial charge on any atom is 0.173 e. The van der Waals surface area contributed by atoms with Crippen LogP contribution in [0.25, 0.3) is 0 Å². The van der Waals surface area contributed by atoms with Gasteiger partial charge < -0.3 is 9.64 Å². The Morgan fingerprint density at radius 3 is 2.09 bits per heavy atom. The lowest BCUT2D eigenvalue weighted by molar-refractivity contribution is 0.201. The Kier molecular flexibility index (Phi) is 6.67. The van der Waals surface area contributed by atoms with Crippen LogP contribution in [0.5, 0.6) is 5.75 Å². The summed E-state index contributed by atoms with van der Waals surface area (Å²) in [6.45, 7) is 3.56. The Labute approximate surface area is 202 Å². The molecule has 1 aliphatic heterocycles. The van der Waals surface area contributed by atoms with Gasteiger partial charge in [0.2, 0.25) is 0 Å². The quantitative estimate of drug-likeness (QED) is 0.403. The van der Waals surface area contributed by atoms with Crippen LogP contribution in [-0.4, -0.2) is 58.4 Å². The number of nitrogens with zero attached hydrogens (tertiary/aromatic N) is 6. The molecule has 1 aliphatic rings. The van der Waals surface area contributed by atoms with Gasteiger partial charge in [0.1, 0.15) is 17.4 Å². The van der Waals surface area contributed by atoms with Crippen LogP contribution in [0.15, 0.2) is 72.8 Å². The lowest BCUT2D eigenvalue weighted by Gasteiger charge is -2.40. The number of hydrogen-bond donors (Lipinski definition) is 0. The van der Waals surface area contributed by atoms with Crippen molar-refractivity contribution in [2.24, 2.45) is 0 Å². The van der Waals surface area contributed by atoms with Crippen LogP contribution in [0.1, 0.15) is 23.0 Å². The SMILES string of the molecule is COc1ccc(C(c2nnnn2Cc2ccc(F)cc2)N2CCN(c3ccc(F)cc3)CC2)cc1. The smallest absolute Gasteiger partial charge is 0.173 e. The number of anilines is 1. The first kappa shape index (κ1) is 22.9. The van der Waals surface area contributed by atoms with Gasteiger partial charge >= 0.3 is 0 Å². The normalized spacial score (nSPS) is 15.2. The monoisotopic (exact) mass is 476 g/mol. The summed E-state index contributed by atoms with van der Waals surface area (Å²) in [5, 5.41) is 12.6. The van der Waals surface area contributed by atoms with Crippen molar-refractivity contribution in [1.82, 2.24) is 25.1 Å². The molecular weight excluding hydrogens is 450 g/mol. The van der Waals surface area contributed by atoms with Crippen molar-refractivity contribution < 1.29 is 13.5 Å². The predicted molar refractivity (Wildman–Crippen MR) is 128 cm³/mol.